The Bertz CT molecular complexity index is 969. The van der Waals surface area contributed by atoms with Crippen LogP contribution in [0.1, 0.15) is 31.7 Å². The third-order valence-electron chi connectivity index (χ3n) is 5.37. The topological polar surface area (TPSA) is 82.3 Å². The summed E-state index contributed by atoms with van der Waals surface area (Å²) < 4.78 is 26.2. The Kier molecular flexibility index (Phi) is 6.35. The Morgan fingerprint density at radius 1 is 1.07 bits per heavy atom. The lowest BCUT2D eigenvalue weighted by Crippen LogP contribution is -2.21. The molecule has 30 heavy (non-hydrogen) atoms. The fourth-order valence-electron chi connectivity index (χ4n) is 3.81. The van der Waals surface area contributed by atoms with Gasteiger partial charge in [0, 0.05) is 24.9 Å². The van der Waals surface area contributed by atoms with Crippen molar-refractivity contribution in [2.24, 2.45) is 0 Å². The van der Waals surface area contributed by atoms with Crippen molar-refractivity contribution in [3.63, 3.8) is 0 Å². The first-order chi connectivity index (χ1) is 14.7. The van der Waals surface area contributed by atoms with Crippen LogP contribution in [0.2, 0.25) is 0 Å². The monoisotopic (exact) mass is 412 g/mol. The number of nitrogens with zero attached hydrogens (tertiary/aromatic N) is 4. The number of aliphatic hydroxyl groups excluding tert-OH is 1. The van der Waals surface area contributed by atoms with Crippen LogP contribution in [0.15, 0.2) is 42.9 Å². The molecule has 7 nitrogen and oxygen atoms in total. The van der Waals surface area contributed by atoms with Gasteiger partial charge in [-0.15, -0.1) is 0 Å². The molecule has 2 heterocycles. The second-order valence-corrected chi connectivity index (χ2v) is 7.38. The van der Waals surface area contributed by atoms with E-state index in [4.69, 9.17) is 9.47 Å². The number of imidazole rings is 1. The van der Waals surface area contributed by atoms with Crippen molar-refractivity contribution in [1.29, 1.82) is 0 Å². The lowest BCUT2D eigenvalue weighted by Gasteiger charge is -2.28. The summed E-state index contributed by atoms with van der Waals surface area (Å²) >= 11 is 0. The van der Waals surface area contributed by atoms with Crippen LogP contribution < -0.4 is 4.74 Å². The number of rotatable bonds is 7. The highest BCUT2D eigenvalue weighted by atomic mass is 19.1. The molecule has 0 unspecified atom stereocenters. The lowest BCUT2D eigenvalue weighted by atomic mass is 9.92. The van der Waals surface area contributed by atoms with Crippen LogP contribution in [0.25, 0.3) is 22.6 Å². The highest BCUT2D eigenvalue weighted by Crippen LogP contribution is 2.37. The minimum absolute atomic E-state index is 0.206. The Balaban J connectivity index is 1.74. The molecule has 0 amide bonds. The number of methoxy groups -OCH3 is 1. The quantitative estimate of drug-likeness (QED) is 0.597. The fraction of sp³-hybridized carbons (Fsp3) is 0.409. The number of halogens is 1. The van der Waals surface area contributed by atoms with Gasteiger partial charge in [0.1, 0.15) is 12.4 Å². The minimum atomic E-state index is -0.295. The number of aliphatic hydroxyl groups is 1. The Morgan fingerprint density at radius 2 is 1.83 bits per heavy atom. The van der Waals surface area contributed by atoms with E-state index < -0.39 is 0 Å². The van der Waals surface area contributed by atoms with Crippen LogP contribution in [0.3, 0.4) is 0 Å². The Hall–Kier alpha value is -2.84. The second-order valence-electron chi connectivity index (χ2n) is 7.38. The standard InChI is InChI=1S/C22H25FN4O3/c1-29-12-13-30-22-24-11-10-19(26-22)21-20(15-2-4-16(23)5-3-15)25-14-27(21)17-6-8-18(28)9-7-17/h2-5,10-11,14,17-18,28H,6-9,12-13H2,1H3. The van der Waals surface area contributed by atoms with Gasteiger partial charge in [0.25, 0.3) is 0 Å². The van der Waals surface area contributed by atoms with Gasteiger partial charge in [0.2, 0.25) is 0 Å². The van der Waals surface area contributed by atoms with Crippen molar-refractivity contribution in [3.05, 3.63) is 48.7 Å². The van der Waals surface area contributed by atoms with E-state index in [1.165, 1.54) is 12.1 Å². The molecule has 8 heteroatoms. The van der Waals surface area contributed by atoms with Crippen molar-refractivity contribution in [1.82, 2.24) is 19.5 Å². The van der Waals surface area contributed by atoms with E-state index in [1.807, 2.05) is 12.4 Å². The first-order valence-electron chi connectivity index (χ1n) is 10.1. The molecular weight excluding hydrogens is 387 g/mol. The van der Waals surface area contributed by atoms with Gasteiger partial charge in [-0.3, -0.25) is 0 Å². The van der Waals surface area contributed by atoms with Gasteiger partial charge < -0.3 is 19.1 Å². The molecule has 0 radical (unpaired) electrons. The maximum atomic E-state index is 13.5. The van der Waals surface area contributed by atoms with Crippen molar-refractivity contribution in [2.75, 3.05) is 20.3 Å². The van der Waals surface area contributed by atoms with Crippen molar-refractivity contribution >= 4 is 0 Å². The summed E-state index contributed by atoms with van der Waals surface area (Å²) in [6, 6.07) is 8.57. The molecule has 0 bridgehead atoms. The molecule has 3 aromatic rings. The van der Waals surface area contributed by atoms with E-state index in [-0.39, 0.29) is 24.0 Å². The number of hydrogen-bond donors (Lipinski definition) is 1. The summed E-state index contributed by atoms with van der Waals surface area (Å²) in [4.78, 5) is 13.4. The summed E-state index contributed by atoms with van der Waals surface area (Å²) in [6.07, 6.45) is 6.44. The van der Waals surface area contributed by atoms with E-state index in [2.05, 4.69) is 19.5 Å². The normalized spacial score (nSPS) is 19.0. The van der Waals surface area contributed by atoms with Gasteiger partial charge in [-0.25, -0.2) is 14.4 Å². The maximum absolute atomic E-state index is 13.5. The zero-order chi connectivity index (χ0) is 20.9. The second kappa shape index (κ2) is 9.32. The summed E-state index contributed by atoms with van der Waals surface area (Å²) in [5.41, 5.74) is 3.05. The SMILES string of the molecule is COCCOc1nccc(-c2c(-c3ccc(F)cc3)ncn2C2CCC(O)CC2)n1. The number of ether oxygens (including phenoxy) is 2. The largest absolute Gasteiger partial charge is 0.461 e. The molecule has 158 valence electrons. The van der Waals surface area contributed by atoms with Gasteiger partial charge in [-0.2, -0.15) is 4.98 Å². The summed E-state index contributed by atoms with van der Waals surface area (Å²) in [6.45, 7) is 0.793. The molecule has 4 rings (SSSR count). The molecule has 1 aliphatic rings. The smallest absolute Gasteiger partial charge is 0.317 e. The highest BCUT2D eigenvalue weighted by molar-refractivity contribution is 5.77. The summed E-state index contributed by atoms with van der Waals surface area (Å²) in [5, 5.41) is 9.90. The molecule has 0 spiro atoms. The zero-order valence-corrected chi connectivity index (χ0v) is 16.9. The Morgan fingerprint density at radius 3 is 2.57 bits per heavy atom. The van der Waals surface area contributed by atoms with Crippen LogP contribution in [0, 0.1) is 5.82 Å². The fourth-order valence-corrected chi connectivity index (χ4v) is 3.81. The molecule has 1 aliphatic carbocycles. The van der Waals surface area contributed by atoms with Crippen LogP contribution >= 0.6 is 0 Å². The van der Waals surface area contributed by atoms with Crippen LogP contribution in [0.5, 0.6) is 6.01 Å². The van der Waals surface area contributed by atoms with E-state index in [0.29, 0.717) is 18.9 Å². The summed E-state index contributed by atoms with van der Waals surface area (Å²) in [5.74, 6) is -0.295. The average molecular weight is 412 g/mol. The third kappa shape index (κ3) is 4.49. The van der Waals surface area contributed by atoms with Gasteiger partial charge in [-0.1, -0.05) is 0 Å². The first-order valence-corrected chi connectivity index (χ1v) is 10.1. The predicted molar refractivity (Wildman–Crippen MR) is 110 cm³/mol. The molecule has 0 atom stereocenters. The maximum Gasteiger partial charge on any atom is 0.317 e. The van der Waals surface area contributed by atoms with Gasteiger partial charge >= 0.3 is 6.01 Å². The van der Waals surface area contributed by atoms with E-state index in [0.717, 1.165) is 42.6 Å². The molecule has 1 saturated carbocycles. The van der Waals surface area contributed by atoms with Crippen LogP contribution in [-0.2, 0) is 4.74 Å². The molecule has 1 N–H and O–H groups in total. The molecule has 1 aromatic carbocycles. The molecule has 0 aliphatic heterocycles. The number of hydrogen-bond acceptors (Lipinski definition) is 6. The van der Waals surface area contributed by atoms with Crippen LogP contribution in [-0.4, -0.2) is 51.1 Å². The zero-order valence-electron chi connectivity index (χ0n) is 16.9. The molecule has 1 fully saturated rings. The molecular formula is C22H25FN4O3. The average Bonchev–Trinajstić information content (AvgIpc) is 3.20. The van der Waals surface area contributed by atoms with Gasteiger partial charge in [0.15, 0.2) is 0 Å². The van der Waals surface area contributed by atoms with Gasteiger partial charge in [-0.05, 0) is 56.0 Å². The Labute approximate surface area is 174 Å². The van der Waals surface area contributed by atoms with Gasteiger partial charge in [0.05, 0.1) is 36.1 Å². The number of aromatic nitrogens is 4. The van der Waals surface area contributed by atoms with Crippen LogP contribution in [0.4, 0.5) is 4.39 Å². The highest BCUT2D eigenvalue weighted by Gasteiger charge is 2.26. The molecule has 0 saturated heterocycles. The van der Waals surface area contributed by atoms with E-state index in [9.17, 15) is 9.50 Å². The first kappa shape index (κ1) is 20.4. The predicted octanol–water partition coefficient (Wildman–Crippen LogP) is 3.65. The van der Waals surface area contributed by atoms with Crippen molar-refractivity contribution in [2.45, 2.75) is 37.8 Å². The van der Waals surface area contributed by atoms with E-state index >= 15 is 0 Å². The number of benzene rings is 1. The molecule has 2 aromatic heterocycles. The van der Waals surface area contributed by atoms with Crippen molar-refractivity contribution in [3.8, 4) is 28.7 Å². The van der Waals surface area contributed by atoms with E-state index in [1.54, 1.807) is 25.4 Å². The van der Waals surface area contributed by atoms with Crippen molar-refractivity contribution < 1.29 is 19.0 Å². The lowest BCUT2D eigenvalue weighted by molar-refractivity contribution is 0.111. The summed E-state index contributed by atoms with van der Waals surface area (Å²) in [7, 11) is 1.61. The minimum Gasteiger partial charge on any atom is -0.461 e. The third-order valence-corrected chi connectivity index (χ3v) is 5.37.